The molecule has 2 N–H and O–H groups in total. The van der Waals surface area contributed by atoms with Crippen LogP contribution in [-0.2, 0) is 21.2 Å². The Morgan fingerprint density at radius 2 is 2.05 bits per heavy atom. The van der Waals surface area contributed by atoms with Crippen LogP contribution in [0.2, 0.25) is 0 Å². The second kappa shape index (κ2) is 5.72. The minimum absolute atomic E-state index is 0.00288. The number of carbonyl (C=O) groups is 2. The zero-order chi connectivity index (χ0) is 14.8. The lowest BCUT2D eigenvalue weighted by molar-refractivity contribution is -0.136. The van der Waals surface area contributed by atoms with Crippen LogP contribution in [-0.4, -0.2) is 31.8 Å². The van der Waals surface area contributed by atoms with Gasteiger partial charge in [-0.1, -0.05) is 6.07 Å². The number of Topliss-reactive ketones (excluding diaryl/α,β-unsaturated/α-hetero) is 1. The number of fused-ring (bicyclic) bond motifs is 1. The van der Waals surface area contributed by atoms with E-state index in [1.165, 1.54) is 12.1 Å². The summed E-state index contributed by atoms with van der Waals surface area (Å²) in [6.07, 6.45) is 1.70. The van der Waals surface area contributed by atoms with Crippen LogP contribution in [0.25, 0.3) is 0 Å². The second-order valence-corrected chi connectivity index (χ2v) is 6.40. The number of hydrogen-bond donors (Lipinski definition) is 2. The predicted molar refractivity (Wildman–Crippen MR) is 71.2 cm³/mol. The van der Waals surface area contributed by atoms with Gasteiger partial charge < -0.3 is 5.11 Å². The maximum atomic E-state index is 12.0. The smallest absolute Gasteiger partial charge is 0.304 e. The molecule has 1 aromatic carbocycles. The van der Waals surface area contributed by atoms with Crippen LogP contribution in [0.1, 0.15) is 35.2 Å². The van der Waals surface area contributed by atoms with Crippen molar-refractivity contribution in [2.75, 3.05) is 6.54 Å². The Kier molecular flexibility index (Phi) is 4.20. The van der Waals surface area contributed by atoms with Crippen LogP contribution < -0.4 is 4.72 Å². The third-order valence-corrected chi connectivity index (χ3v) is 4.63. The van der Waals surface area contributed by atoms with Crippen LogP contribution in [0.4, 0.5) is 0 Å². The van der Waals surface area contributed by atoms with E-state index < -0.39 is 16.0 Å². The lowest BCUT2D eigenvalue weighted by Gasteiger charge is -2.15. The van der Waals surface area contributed by atoms with E-state index in [0.29, 0.717) is 12.0 Å². The summed E-state index contributed by atoms with van der Waals surface area (Å²) in [5.74, 6) is -1.12. The Morgan fingerprint density at radius 1 is 1.30 bits per heavy atom. The summed E-state index contributed by atoms with van der Waals surface area (Å²) < 4.78 is 26.2. The number of carbonyl (C=O) groups excluding carboxylic acids is 1. The largest absolute Gasteiger partial charge is 0.481 e. The van der Waals surface area contributed by atoms with E-state index in [1.54, 1.807) is 6.07 Å². The van der Waals surface area contributed by atoms with Gasteiger partial charge in [-0.15, -0.1) is 0 Å². The van der Waals surface area contributed by atoms with Crippen molar-refractivity contribution in [3.8, 4) is 0 Å². The number of carboxylic acid groups (broad SMARTS) is 1. The Morgan fingerprint density at radius 3 is 2.75 bits per heavy atom. The number of aryl methyl sites for hydroxylation is 1. The molecule has 7 heteroatoms. The van der Waals surface area contributed by atoms with Crippen molar-refractivity contribution in [1.82, 2.24) is 4.72 Å². The maximum Gasteiger partial charge on any atom is 0.304 e. The van der Waals surface area contributed by atoms with Gasteiger partial charge in [0.15, 0.2) is 5.78 Å². The Balaban J connectivity index is 2.22. The van der Waals surface area contributed by atoms with E-state index in [4.69, 9.17) is 5.11 Å². The van der Waals surface area contributed by atoms with E-state index in [-0.39, 0.29) is 23.6 Å². The Bertz CT molecular complexity index is 651. The number of carboxylic acids is 1. The van der Waals surface area contributed by atoms with E-state index in [2.05, 4.69) is 4.72 Å². The highest BCUT2D eigenvalue weighted by atomic mass is 32.2. The van der Waals surface area contributed by atoms with Crippen molar-refractivity contribution in [3.05, 3.63) is 29.3 Å². The highest BCUT2D eigenvalue weighted by Crippen LogP contribution is 2.24. The van der Waals surface area contributed by atoms with E-state index >= 15 is 0 Å². The number of ketones is 1. The van der Waals surface area contributed by atoms with Crippen molar-refractivity contribution in [1.29, 1.82) is 0 Å². The second-order valence-electron chi connectivity index (χ2n) is 4.64. The molecule has 0 aromatic heterocycles. The summed E-state index contributed by atoms with van der Waals surface area (Å²) in [6, 6.07) is 4.47. The number of benzene rings is 1. The van der Waals surface area contributed by atoms with Gasteiger partial charge >= 0.3 is 5.97 Å². The lowest BCUT2D eigenvalue weighted by Crippen LogP contribution is -2.26. The summed E-state index contributed by atoms with van der Waals surface area (Å²) in [5, 5.41) is 8.49. The molecule has 0 heterocycles. The summed E-state index contributed by atoms with van der Waals surface area (Å²) in [4.78, 5) is 22.1. The molecule has 0 saturated heterocycles. The van der Waals surface area contributed by atoms with Gasteiger partial charge in [-0.25, -0.2) is 13.1 Å². The van der Waals surface area contributed by atoms with Gasteiger partial charge in [0.25, 0.3) is 0 Å². The average molecular weight is 297 g/mol. The molecule has 0 radical (unpaired) electrons. The molecule has 0 saturated carbocycles. The van der Waals surface area contributed by atoms with Crippen molar-refractivity contribution in [3.63, 3.8) is 0 Å². The molecule has 1 aliphatic rings. The van der Waals surface area contributed by atoms with Crippen LogP contribution in [0.3, 0.4) is 0 Å². The van der Waals surface area contributed by atoms with Crippen molar-refractivity contribution >= 4 is 21.8 Å². The van der Waals surface area contributed by atoms with Crippen LogP contribution >= 0.6 is 0 Å². The normalized spacial score (nSPS) is 14.9. The highest BCUT2D eigenvalue weighted by Gasteiger charge is 2.21. The Hall–Kier alpha value is -1.73. The van der Waals surface area contributed by atoms with Crippen LogP contribution in [0.5, 0.6) is 0 Å². The number of nitrogens with one attached hydrogen (secondary N) is 1. The third-order valence-electron chi connectivity index (χ3n) is 3.17. The topological polar surface area (TPSA) is 101 Å². The zero-order valence-electron chi connectivity index (χ0n) is 10.8. The summed E-state index contributed by atoms with van der Waals surface area (Å²) in [7, 11) is -3.78. The van der Waals surface area contributed by atoms with Crippen molar-refractivity contribution in [2.45, 2.75) is 30.6 Å². The van der Waals surface area contributed by atoms with Crippen molar-refractivity contribution < 1.29 is 23.1 Å². The maximum absolute atomic E-state index is 12.0. The third kappa shape index (κ3) is 3.23. The van der Waals surface area contributed by atoms with Crippen LogP contribution in [0, 0.1) is 0 Å². The number of rotatable bonds is 5. The average Bonchev–Trinajstić information content (AvgIpc) is 2.38. The number of aliphatic carboxylic acids is 1. The molecule has 0 aliphatic heterocycles. The van der Waals surface area contributed by atoms with Gasteiger partial charge in [-0.3, -0.25) is 9.59 Å². The SMILES string of the molecule is O=C(O)CCNS(=O)(=O)c1ccc2c(c1)C(=O)CCC2. The minimum Gasteiger partial charge on any atom is -0.481 e. The molecule has 2 rings (SSSR count). The molecule has 6 nitrogen and oxygen atoms in total. The molecule has 0 atom stereocenters. The standard InChI is InChI=1S/C13H15NO5S/c15-12-3-1-2-9-4-5-10(8-11(9)12)20(18,19)14-7-6-13(16)17/h4-5,8,14H,1-3,6-7H2,(H,16,17). The quantitative estimate of drug-likeness (QED) is 0.843. The summed E-state index contributed by atoms with van der Waals surface area (Å²) >= 11 is 0. The lowest BCUT2D eigenvalue weighted by atomic mass is 9.91. The number of hydrogen-bond acceptors (Lipinski definition) is 4. The first kappa shape index (κ1) is 14.7. The molecule has 0 unspecified atom stereocenters. The highest BCUT2D eigenvalue weighted by molar-refractivity contribution is 7.89. The van der Waals surface area contributed by atoms with Gasteiger partial charge in [-0.05, 0) is 30.5 Å². The molecule has 108 valence electrons. The van der Waals surface area contributed by atoms with Gasteiger partial charge in [0, 0.05) is 18.5 Å². The minimum atomic E-state index is -3.78. The fraction of sp³-hybridized carbons (Fsp3) is 0.385. The Labute approximate surface area is 116 Å². The fourth-order valence-corrected chi connectivity index (χ4v) is 3.21. The predicted octanol–water partition coefficient (Wildman–Crippen LogP) is 0.959. The van der Waals surface area contributed by atoms with Crippen molar-refractivity contribution in [2.24, 2.45) is 0 Å². The van der Waals surface area contributed by atoms with Gasteiger partial charge in [0.2, 0.25) is 10.0 Å². The van der Waals surface area contributed by atoms with Gasteiger partial charge in [-0.2, -0.15) is 0 Å². The summed E-state index contributed by atoms with van der Waals surface area (Å²) in [6.45, 7) is -0.178. The molecule has 0 bridgehead atoms. The molecule has 0 amide bonds. The molecule has 1 aromatic rings. The molecule has 0 fully saturated rings. The summed E-state index contributed by atoms with van der Waals surface area (Å²) in [5.41, 5.74) is 1.32. The van der Waals surface area contributed by atoms with Gasteiger partial charge in [0.05, 0.1) is 11.3 Å². The molecule has 20 heavy (non-hydrogen) atoms. The zero-order valence-corrected chi connectivity index (χ0v) is 11.6. The molecule has 0 spiro atoms. The first-order valence-electron chi connectivity index (χ1n) is 6.28. The van der Waals surface area contributed by atoms with E-state index in [1.807, 2.05) is 0 Å². The molecular formula is C13H15NO5S. The first-order chi connectivity index (χ1) is 9.40. The van der Waals surface area contributed by atoms with E-state index in [9.17, 15) is 18.0 Å². The first-order valence-corrected chi connectivity index (χ1v) is 7.76. The van der Waals surface area contributed by atoms with E-state index in [0.717, 1.165) is 18.4 Å². The fourth-order valence-electron chi connectivity index (χ4n) is 2.15. The van der Waals surface area contributed by atoms with Crippen LogP contribution in [0.15, 0.2) is 23.1 Å². The molecular weight excluding hydrogens is 282 g/mol. The molecule has 1 aliphatic carbocycles. The number of sulfonamides is 1. The van der Waals surface area contributed by atoms with Gasteiger partial charge in [0.1, 0.15) is 0 Å². The monoisotopic (exact) mass is 297 g/mol.